The van der Waals surface area contributed by atoms with Gasteiger partial charge in [-0.05, 0) is 31.6 Å². The lowest BCUT2D eigenvalue weighted by Gasteiger charge is -2.33. The Morgan fingerprint density at radius 1 is 1.33 bits per heavy atom. The molecule has 1 aliphatic carbocycles. The number of carboxylic acid groups (broad SMARTS) is 1. The third-order valence-corrected chi connectivity index (χ3v) is 4.63. The summed E-state index contributed by atoms with van der Waals surface area (Å²) >= 11 is 0. The van der Waals surface area contributed by atoms with Crippen molar-refractivity contribution in [2.45, 2.75) is 51.5 Å². The highest BCUT2D eigenvalue weighted by Gasteiger charge is 2.40. The van der Waals surface area contributed by atoms with E-state index in [-0.39, 0.29) is 18.6 Å². The van der Waals surface area contributed by atoms with Crippen LogP contribution in [-0.2, 0) is 9.53 Å². The van der Waals surface area contributed by atoms with Crippen molar-refractivity contribution in [1.29, 1.82) is 0 Å². The molecule has 1 saturated heterocycles. The Hall–Kier alpha value is -1.30. The summed E-state index contributed by atoms with van der Waals surface area (Å²) < 4.78 is 5.22. The number of amides is 2. The molecule has 2 aliphatic rings. The molecule has 0 aromatic carbocycles. The van der Waals surface area contributed by atoms with Gasteiger partial charge in [0.15, 0.2) is 0 Å². The number of rotatable bonds is 7. The maximum Gasteiger partial charge on any atom is 0.315 e. The van der Waals surface area contributed by atoms with E-state index >= 15 is 0 Å². The van der Waals surface area contributed by atoms with Crippen LogP contribution in [-0.4, -0.2) is 42.9 Å². The first-order valence-electron chi connectivity index (χ1n) is 7.91. The molecule has 2 fully saturated rings. The molecule has 1 atom stereocenters. The van der Waals surface area contributed by atoms with Crippen LogP contribution >= 0.6 is 0 Å². The molecule has 120 valence electrons. The lowest BCUT2D eigenvalue weighted by atomic mass is 9.80. The summed E-state index contributed by atoms with van der Waals surface area (Å²) in [6.07, 6.45) is 5.36. The molecular formula is C15H26N2O4. The molecule has 1 unspecified atom stereocenters. The Labute approximate surface area is 125 Å². The van der Waals surface area contributed by atoms with Gasteiger partial charge in [-0.15, -0.1) is 0 Å². The molecule has 6 heteroatoms. The molecule has 21 heavy (non-hydrogen) atoms. The van der Waals surface area contributed by atoms with Crippen molar-refractivity contribution >= 4 is 12.0 Å². The second kappa shape index (κ2) is 7.11. The topological polar surface area (TPSA) is 87.7 Å². The minimum Gasteiger partial charge on any atom is -0.481 e. The van der Waals surface area contributed by atoms with E-state index in [1.807, 2.05) is 0 Å². The maximum absolute atomic E-state index is 12.0. The number of ether oxygens (including phenoxy) is 1. The Kier molecular flexibility index (Phi) is 5.45. The van der Waals surface area contributed by atoms with E-state index in [1.54, 1.807) is 0 Å². The fourth-order valence-electron chi connectivity index (χ4n) is 2.80. The first-order chi connectivity index (χ1) is 10.1. The maximum atomic E-state index is 12.0. The van der Waals surface area contributed by atoms with E-state index in [1.165, 1.54) is 12.8 Å². The summed E-state index contributed by atoms with van der Waals surface area (Å²) in [5.41, 5.74) is -0.881. The average Bonchev–Trinajstić information content (AvgIpc) is 3.29. The number of nitrogens with one attached hydrogen (secondary N) is 2. The van der Waals surface area contributed by atoms with Gasteiger partial charge in [0.05, 0.1) is 5.41 Å². The summed E-state index contributed by atoms with van der Waals surface area (Å²) in [6, 6.07) is -0.0671. The monoisotopic (exact) mass is 298 g/mol. The summed E-state index contributed by atoms with van der Waals surface area (Å²) in [5.74, 6) is -0.0905. The average molecular weight is 298 g/mol. The van der Waals surface area contributed by atoms with E-state index in [2.05, 4.69) is 17.6 Å². The van der Waals surface area contributed by atoms with Crippen LogP contribution in [0.5, 0.6) is 0 Å². The van der Waals surface area contributed by atoms with Gasteiger partial charge in [-0.1, -0.05) is 19.8 Å². The Morgan fingerprint density at radius 2 is 2.00 bits per heavy atom. The zero-order valence-electron chi connectivity index (χ0n) is 12.7. The van der Waals surface area contributed by atoms with E-state index in [0.717, 1.165) is 18.8 Å². The number of carbonyl (C=O) groups is 2. The molecule has 1 aliphatic heterocycles. The predicted molar refractivity (Wildman–Crippen MR) is 78.1 cm³/mol. The molecule has 1 saturated carbocycles. The van der Waals surface area contributed by atoms with Crippen molar-refractivity contribution in [2.75, 3.05) is 19.8 Å². The van der Waals surface area contributed by atoms with Crippen molar-refractivity contribution in [1.82, 2.24) is 10.6 Å². The first kappa shape index (κ1) is 16.1. The van der Waals surface area contributed by atoms with Crippen LogP contribution in [0.25, 0.3) is 0 Å². The van der Waals surface area contributed by atoms with E-state index < -0.39 is 11.4 Å². The first-order valence-corrected chi connectivity index (χ1v) is 7.91. The van der Waals surface area contributed by atoms with Crippen LogP contribution < -0.4 is 10.6 Å². The smallest absolute Gasteiger partial charge is 0.315 e. The Morgan fingerprint density at radius 3 is 2.52 bits per heavy atom. The zero-order valence-corrected chi connectivity index (χ0v) is 12.7. The summed E-state index contributed by atoms with van der Waals surface area (Å²) in [5, 5.41) is 15.1. The van der Waals surface area contributed by atoms with Gasteiger partial charge >= 0.3 is 12.0 Å². The molecule has 0 aromatic heterocycles. The molecule has 2 amide bonds. The third kappa shape index (κ3) is 4.59. The van der Waals surface area contributed by atoms with Crippen LogP contribution in [0.4, 0.5) is 4.79 Å². The predicted octanol–water partition coefficient (Wildman–Crippen LogP) is 1.75. The standard InChI is InChI=1S/C15H26N2O4/c1-2-12(9-11-3-4-11)17-14(20)16-10-15(13(18)19)5-7-21-8-6-15/h11-12H,2-10H2,1H3,(H,18,19)(H2,16,17,20). The van der Waals surface area contributed by atoms with Crippen molar-refractivity contribution in [3.63, 3.8) is 0 Å². The fourth-order valence-corrected chi connectivity index (χ4v) is 2.80. The van der Waals surface area contributed by atoms with Gasteiger partial charge in [0.2, 0.25) is 0 Å². The number of carbonyl (C=O) groups excluding carboxylic acids is 1. The number of aliphatic carboxylic acids is 1. The third-order valence-electron chi connectivity index (χ3n) is 4.63. The molecule has 1 heterocycles. The summed E-state index contributed by atoms with van der Waals surface area (Å²) in [7, 11) is 0. The van der Waals surface area contributed by atoms with Crippen LogP contribution in [0.1, 0.15) is 45.4 Å². The van der Waals surface area contributed by atoms with E-state index in [4.69, 9.17) is 4.74 Å². The van der Waals surface area contributed by atoms with Crippen molar-refractivity contribution < 1.29 is 19.4 Å². The molecule has 6 nitrogen and oxygen atoms in total. The van der Waals surface area contributed by atoms with Gasteiger partial charge in [0.25, 0.3) is 0 Å². The van der Waals surface area contributed by atoms with E-state index in [9.17, 15) is 14.7 Å². The Balaban J connectivity index is 1.79. The number of hydrogen-bond donors (Lipinski definition) is 3. The SMILES string of the molecule is CCC(CC1CC1)NC(=O)NCC1(C(=O)O)CCOCC1. The quantitative estimate of drug-likeness (QED) is 0.668. The number of urea groups is 1. The summed E-state index contributed by atoms with van der Waals surface area (Å²) in [6.45, 7) is 3.10. The summed E-state index contributed by atoms with van der Waals surface area (Å²) in [4.78, 5) is 23.5. The largest absolute Gasteiger partial charge is 0.481 e. The van der Waals surface area contributed by atoms with Gasteiger partial charge in [0.1, 0.15) is 0 Å². The molecule has 0 radical (unpaired) electrons. The van der Waals surface area contributed by atoms with Crippen LogP contribution in [0, 0.1) is 11.3 Å². The van der Waals surface area contributed by atoms with Crippen LogP contribution in [0.2, 0.25) is 0 Å². The second-order valence-corrected chi connectivity index (χ2v) is 6.31. The second-order valence-electron chi connectivity index (χ2n) is 6.31. The van der Waals surface area contributed by atoms with Gasteiger partial charge in [-0.25, -0.2) is 4.79 Å². The van der Waals surface area contributed by atoms with Gasteiger partial charge in [-0.2, -0.15) is 0 Å². The molecule has 0 bridgehead atoms. The molecule has 3 N–H and O–H groups in total. The van der Waals surface area contributed by atoms with Gasteiger partial charge in [-0.3, -0.25) is 4.79 Å². The van der Waals surface area contributed by atoms with Crippen molar-refractivity contribution in [2.24, 2.45) is 11.3 Å². The lowest BCUT2D eigenvalue weighted by molar-refractivity contribution is -0.154. The van der Waals surface area contributed by atoms with Crippen LogP contribution in [0.15, 0.2) is 0 Å². The highest BCUT2D eigenvalue weighted by atomic mass is 16.5. The number of hydrogen-bond acceptors (Lipinski definition) is 3. The minimum absolute atomic E-state index is 0.164. The number of carboxylic acids is 1. The van der Waals surface area contributed by atoms with Crippen molar-refractivity contribution in [3.05, 3.63) is 0 Å². The fraction of sp³-hybridized carbons (Fsp3) is 0.867. The van der Waals surface area contributed by atoms with Crippen LogP contribution in [0.3, 0.4) is 0 Å². The van der Waals surface area contributed by atoms with Crippen molar-refractivity contribution in [3.8, 4) is 0 Å². The van der Waals surface area contributed by atoms with E-state index in [0.29, 0.717) is 26.1 Å². The van der Waals surface area contributed by atoms with Gasteiger partial charge < -0.3 is 20.5 Å². The highest BCUT2D eigenvalue weighted by Crippen LogP contribution is 2.34. The minimum atomic E-state index is -0.881. The highest BCUT2D eigenvalue weighted by molar-refractivity contribution is 5.78. The van der Waals surface area contributed by atoms with Gasteiger partial charge in [0, 0.05) is 25.8 Å². The lowest BCUT2D eigenvalue weighted by Crippen LogP contribution is -2.50. The zero-order chi connectivity index (χ0) is 15.3. The molecule has 2 rings (SSSR count). The molecule has 0 aromatic rings. The molecular weight excluding hydrogens is 272 g/mol. The molecule has 0 spiro atoms. The Bertz CT molecular complexity index is 376. The normalized spacial score (nSPS) is 22.3.